The van der Waals surface area contributed by atoms with Crippen molar-refractivity contribution in [1.82, 2.24) is 0 Å². The molecule has 3 unspecified atom stereocenters. The molecule has 3 atom stereocenters. The van der Waals surface area contributed by atoms with Crippen molar-refractivity contribution in [3.63, 3.8) is 0 Å². The zero-order valence-electron chi connectivity index (χ0n) is 37.9. The second kappa shape index (κ2) is 44.3. The molecule has 0 amide bonds. The quantitative estimate of drug-likeness (QED) is 0.0233. The van der Waals surface area contributed by atoms with Crippen molar-refractivity contribution >= 4 is 19.8 Å². The minimum absolute atomic E-state index is 0.0145. The number of esters is 1. The molecule has 0 rings (SSSR count). The summed E-state index contributed by atoms with van der Waals surface area (Å²) in [7, 11) is -4.62. The normalized spacial score (nSPS) is 14.1. The van der Waals surface area contributed by atoms with Gasteiger partial charge in [0.05, 0.1) is 19.8 Å². The number of ether oxygens (including phenoxy) is 2. The molecule has 0 fully saturated rings. The van der Waals surface area contributed by atoms with Gasteiger partial charge in [0.15, 0.2) is 0 Å². The van der Waals surface area contributed by atoms with Gasteiger partial charge >= 0.3 is 19.8 Å². The SMILES string of the molecule is CCCCC/C=C\C/C=C\CCCCCCCCCCCCOCC(COP(=O)(O)OCC(N)C(=O)O)OC(=O)CCCCCCCCC/C=C\CCCCCCCC. The van der Waals surface area contributed by atoms with Gasteiger partial charge in [0.25, 0.3) is 0 Å². The van der Waals surface area contributed by atoms with Gasteiger partial charge in [-0.1, -0.05) is 179 Å². The van der Waals surface area contributed by atoms with Crippen molar-refractivity contribution in [2.75, 3.05) is 26.4 Å². The first-order chi connectivity index (χ1) is 28.7. The Labute approximate surface area is 361 Å². The molecule has 0 aliphatic heterocycles. The highest BCUT2D eigenvalue weighted by molar-refractivity contribution is 7.47. The van der Waals surface area contributed by atoms with E-state index in [2.05, 4.69) is 50.3 Å². The van der Waals surface area contributed by atoms with Crippen LogP contribution in [0.25, 0.3) is 0 Å². The van der Waals surface area contributed by atoms with Crippen molar-refractivity contribution < 1.29 is 42.7 Å². The van der Waals surface area contributed by atoms with Crippen LogP contribution in [0.1, 0.15) is 219 Å². The van der Waals surface area contributed by atoms with Gasteiger partial charge in [0.1, 0.15) is 12.1 Å². The number of carboxylic acids is 1. The Balaban J connectivity index is 4.18. The lowest BCUT2D eigenvalue weighted by Gasteiger charge is -2.20. The molecule has 346 valence electrons. The van der Waals surface area contributed by atoms with E-state index in [-0.39, 0.29) is 13.0 Å². The topological polar surface area (TPSA) is 155 Å². The van der Waals surface area contributed by atoms with Crippen LogP contribution in [-0.4, -0.2) is 60.5 Å². The number of phosphoric acid groups is 1. The molecular weight excluding hydrogens is 765 g/mol. The third-order valence-corrected chi connectivity index (χ3v) is 11.3. The second-order valence-corrected chi connectivity index (χ2v) is 17.7. The molecular formula is C48H90NO9P. The van der Waals surface area contributed by atoms with Crippen LogP contribution in [-0.2, 0) is 32.7 Å². The third-order valence-electron chi connectivity index (χ3n) is 10.4. The molecule has 0 heterocycles. The monoisotopic (exact) mass is 856 g/mol. The average molecular weight is 856 g/mol. The van der Waals surface area contributed by atoms with E-state index in [1.165, 1.54) is 141 Å². The minimum atomic E-state index is -4.62. The average Bonchev–Trinajstić information content (AvgIpc) is 3.21. The molecule has 0 aromatic rings. The Kier molecular flexibility index (Phi) is 42.9. The van der Waals surface area contributed by atoms with Crippen LogP contribution in [0.2, 0.25) is 0 Å². The number of unbranched alkanes of at least 4 members (excludes halogenated alkanes) is 26. The number of nitrogens with two attached hydrogens (primary N) is 1. The highest BCUT2D eigenvalue weighted by Gasteiger charge is 2.27. The first-order valence-corrected chi connectivity index (χ1v) is 25.5. The maximum Gasteiger partial charge on any atom is 0.472 e. The van der Waals surface area contributed by atoms with Crippen molar-refractivity contribution in [1.29, 1.82) is 0 Å². The summed E-state index contributed by atoms with van der Waals surface area (Å²) in [5.74, 6) is -1.78. The molecule has 0 aromatic heterocycles. The highest BCUT2D eigenvalue weighted by Crippen LogP contribution is 2.43. The molecule has 0 aliphatic carbocycles. The van der Waals surface area contributed by atoms with Crippen LogP contribution in [0.5, 0.6) is 0 Å². The fourth-order valence-electron chi connectivity index (χ4n) is 6.63. The fraction of sp³-hybridized carbons (Fsp3) is 0.833. The van der Waals surface area contributed by atoms with Crippen LogP contribution in [0, 0.1) is 0 Å². The Bertz CT molecular complexity index is 1080. The minimum Gasteiger partial charge on any atom is -0.480 e. The van der Waals surface area contributed by atoms with Crippen molar-refractivity contribution in [2.24, 2.45) is 5.73 Å². The summed E-state index contributed by atoms with van der Waals surface area (Å²) in [4.78, 5) is 33.6. The molecule has 11 heteroatoms. The Morgan fingerprint density at radius 3 is 1.42 bits per heavy atom. The largest absolute Gasteiger partial charge is 0.480 e. The summed E-state index contributed by atoms with van der Waals surface area (Å²) >= 11 is 0. The lowest BCUT2D eigenvalue weighted by atomic mass is 10.1. The lowest BCUT2D eigenvalue weighted by molar-refractivity contribution is -0.154. The lowest BCUT2D eigenvalue weighted by Crippen LogP contribution is -2.34. The van der Waals surface area contributed by atoms with E-state index in [0.717, 1.165) is 51.4 Å². The smallest absolute Gasteiger partial charge is 0.472 e. The number of hydrogen-bond acceptors (Lipinski definition) is 8. The summed E-state index contributed by atoms with van der Waals surface area (Å²) in [6, 6.07) is -1.47. The molecule has 10 nitrogen and oxygen atoms in total. The van der Waals surface area contributed by atoms with E-state index in [0.29, 0.717) is 13.0 Å². The summed E-state index contributed by atoms with van der Waals surface area (Å²) in [6.07, 6.45) is 50.5. The summed E-state index contributed by atoms with van der Waals surface area (Å²) in [6.45, 7) is 3.86. The van der Waals surface area contributed by atoms with E-state index in [1.807, 2.05) is 0 Å². The number of aliphatic carboxylic acids is 1. The van der Waals surface area contributed by atoms with Crippen molar-refractivity contribution in [3.8, 4) is 0 Å². The standard InChI is InChI=1S/C48H90NO9P/c1-3-5-7-9-11-13-15-17-19-21-22-23-25-27-29-31-33-35-37-39-41-55-42-45(43-56-59(53,54)57-44-46(49)48(51)52)58-47(50)40-38-36-34-32-30-28-26-24-20-18-16-14-12-10-8-6-4-2/h11,13,17-20,45-46H,3-10,12,14-16,21-44,49H2,1-2H3,(H,51,52)(H,53,54)/b13-11-,19-17-,20-18-. The van der Waals surface area contributed by atoms with E-state index >= 15 is 0 Å². The van der Waals surface area contributed by atoms with Gasteiger partial charge in [-0.2, -0.15) is 0 Å². The van der Waals surface area contributed by atoms with Crippen LogP contribution in [0.15, 0.2) is 36.5 Å². The zero-order chi connectivity index (χ0) is 43.3. The molecule has 0 bridgehead atoms. The Morgan fingerprint density at radius 2 is 0.932 bits per heavy atom. The zero-order valence-corrected chi connectivity index (χ0v) is 38.7. The first kappa shape index (κ1) is 57.2. The van der Waals surface area contributed by atoms with Gasteiger partial charge in [0, 0.05) is 13.0 Å². The molecule has 0 saturated carbocycles. The van der Waals surface area contributed by atoms with E-state index in [4.69, 9.17) is 29.4 Å². The van der Waals surface area contributed by atoms with E-state index in [1.54, 1.807) is 0 Å². The maximum atomic E-state index is 12.7. The van der Waals surface area contributed by atoms with E-state index < -0.39 is 45.1 Å². The summed E-state index contributed by atoms with van der Waals surface area (Å²) < 4.78 is 33.4. The fourth-order valence-corrected chi connectivity index (χ4v) is 7.41. The first-order valence-electron chi connectivity index (χ1n) is 24.0. The van der Waals surface area contributed by atoms with Gasteiger partial charge in [-0.15, -0.1) is 0 Å². The predicted molar refractivity (Wildman–Crippen MR) is 245 cm³/mol. The molecule has 0 radical (unpaired) electrons. The number of hydrogen-bond donors (Lipinski definition) is 3. The number of carbonyl (C=O) groups excluding carboxylic acids is 1. The van der Waals surface area contributed by atoms with Crippen LogP contribution >= 0.6 is 7.82 Å². The number of carboxylic acid groups (broad SMARTS) is 1. The number of rotatable bonds is 46. The van der Waals surface area contributed by atoms with E-state index in [9.17, 15) is 19.0 Å². The van der Waals surface area contributed by atoms with Crippen molar-refractivity contribution in [2.45, 2.75) is 231 Å². The predicted octanol–water partition coefficient (Wildman–Crippen LogP) is 13.7. The summed E-state index contributed by atoms with van der Waals surface area (Å²) in [5, 5.41) is 8.91. The van der Waals surface area contributed by atoms with Gasteiger partial charge in [-0.3, -0.25) is 18.6 Å². The highest BCUT2D eigenvalue weighted by atomic mass is 31.2. The molecule has 0 aromatic carbocycles. The van der Waals surface area contributed by atoms with Crippen LogP contribution in [0.3, 0.4) is 0 Å². The Hall–Kier alpha value is -1.81. The van der Waals surface area contributed by atoms with Gasteiger partial charge in [-0.25, -0.2) is 4.57 Å². The van der Waals surface area contributed by atoms with Crippen LogP contribution in [0.4, 0.5) is 0 Å². The van der Waals surface area contributed by atoms with Gasteiger partial charge < -0.3 is 25.2 Å². The number of carbonyl (C=O) groups is 2. The molecule has 0 aliphatic rings. The molecule has 0 saturated heterocycles. The number of allylic oxidation sites excluding steroid dienone is 6. The molecule has 59 heavy (non-hydrogen) atoms. The number of phosphoric ester groups is 1. The molecule has 0 spiro atoms. The summed E-state index contributed by atoms with van der Waals surface area (Å²) in [5.41, 5.74) is 5.37. The maximum absolute atomic E-state index is 12.7. The van der Waals surface area contributed by atoms with Crippen molar-refractivity contribution in [3.05, 3.63) is 36.5 Å². The van der Waals surface area contributed by atoms with Gasteiger partial charge in [-0.05, 0) is 70.6 Å². The Morgan fingerprint density at radius 1 is 0.542 bits per heavy atom. The van der Waals surface area contributed by atoms with Gasteiger partial charge in [0.2, 0.25) is 0 Å². The second-order valence-electron chi connectivity index (χ2n) is 16.2. The van der Waals surface area contributed by atoms with Crippen LogP contribution < -0.4 is 5.73 Å². The third kappa shape index (κ3) is 44.1. The molecule has 4 N–H and O–H groups in total.